The molecule has 0 aliphatic rings. The first kappa shape index (κ1) is 78.6. The topological polar surface area (TPSA) is 588 Å². The number of nitrogens with one attached hydrogen (secondary N) is 9. The molecular weight excluding hydrogens is 1230 g/mol. The Bertz CT molecular complexity index is 2900. The van der Waals surface area contributed by atoms with Crippen molar-refractivity contribution in [1.29, 1.82) is 0 Å². The molecule has 92 heavy (non-hydrogen) atoms. The predicted octanol–water partition coefficient (Wildman–Crippen LogP) is -5.94. The fraction of sp³-hybridized carbons (Fsp3) is 0.509. The van der Waals surface area contributed by atoms with Crippen molar-refractivity contribution in [3.63, 3.8) is 0 Å². The van der Waals surface area contributed by atoms with E-state index in [1.807, 2.05) is 24.4 Å². The van der Waals surface area contributed by atoms with E-state index >= 15 is 0 Å². The SMILES string of the molecule is CC/C=C/CSC[C@H](N)C(=O)N[C@@H](CCC(N)=O)C(=O)N[C@@H](CC(=O)O)C(=O)N[C@@H](CO)C(=O)N[C@@H](CCC(=O)O)C(=O)N[C@H](C(=O)N[C@@H](CCCN=C(N)N)C(=O)N[C@H](C(=O)N[C@@H](Cc1ccccc1)C(=O)N[C@@H](Cc1ccc(O)cc1)C(=O)O)C(C)O)C(C)O. The second-order valence-corrected chi connectivity index (χ2v) is 22.0. The third-order valence-electron chi connectivity index (χ3n) is 13.3. The molecule has 0 heterocycles. The Kier molecular flexibility index (Phi) is 35.1. The molecule has 2 unspecified atom stereocenters. The summed E-state index contributed by atoms with van der Waals surface area (Å²) in [7, 11) is 0. The minimum atomic E-state index is -2.09. The first-order chi connectivity index (χ1) is 43.4. The van der Waals surface area contributed by atoms with Crippen LogP contribution in [0.15, 0.2) is 71.7 Å². The molecule has 0 saturated carbocycles. The number of nitrogens with two attached hydrogens (primary N) is 4. The van der Waals surface area contributed by atoms with Gasteiger partial charge in [0.25, 0.3) is 0 Å². The van der Waals surface area contributed by atoms with Crippen molar-refractivity contribution in [3.05, 3.63) is 77.9 Å². The van der Waals surface area contributed by atoms with E-state index in [0.717, 1.165) is 20.3 Å². The van der Waals surface area contributed by atoms with E-state index in [2.05, 4.69) is 47.5 Å². The summed E-state index contributed by atoms with van der Waals surface area (Å²) in [5.74, 6) is -16.4. The van der Waals surface area contributed by atoms with Gasteiger partial charge in [0.2, 0.25) is 59.1 Å². The summed E-state index contributed by atoms with van der Waals surface area (Å²) in [6.45, 7) is 2.58. The number of carboxylic acids is 3. The summed E-state index contributed by atoms with van der Waals surface area (Å²) < 4.78 is 0. The van der Waals surface area contributed by atoms with Gasteiger partial charge < -0.3 is 107 Å². The monoisotopic (exact) mass is 1320 g/mol. The van der Waals surface area contributed by atoms with Crippen LogP contribution in [0.1, 0.15) is 83.3 Å². The maximum absolute atomic E-state index is 14.2. The molecule has 0 saturated heterocycles. The van der Waals surface area contributed by atoms with E-state index in [9.17, 15) is 98.1 Å². The molecule has 10 amide bonds. The van der Waals surface area contributed by atoms with Crippen LogP contribution < -0.4 is 70.8 Å². The average molecular weight is 1320 g/mol. The van der Waals surface area contributed by atoms with Gasteiger partial charge in [-0.3, -0.25) is 62.5 Å². The number of aromatic hydroxyl groups is 1. The standard InChI is InChI=1S/C57H84N14O20S/c1-4-5-9-23-92-28-34(58)47(81)63-36(18-20-42(59)76)48(82)66-39(26-44(79)80)52(86)69-41(27-72)53(87)64-37(19-21-43(77)78)50(84)71-45(29(2)73)54(88)65-35(13-10-22-62-57(60)61)49(83)70-46(30(3)74)55(89)67-38(24-31-11-7-6-8-12-31)51(85)68-40(56(90)91)25-32-14-16-33(75)17-15-32/h5-9,11-12,14-17,29-30,34-41,45-46,72-75H,4,10,13,18-28,58H2,1-3H3,(H2,59,76)(H,63,81)(H,64,87)(H,65,88)(H,66,82)(H,67,89)(H,68,85)(H,69,86)(H,70,83)(H,71,84)(H,77,78)(H,79,80)(H,90,91)(H4,60,61,62)/b9-5+/t29?,30?,34-,35-,36-,37-,38-,39-,40-,41-,45-,46-/m0/s1. The molecule has 34 nitrogen and oxygen atoms in total. The van der Waals surface area contributed by atoms with Gasteiger partial charge in [0.1, 0.15) is 60.1 Å². The molecule has 0 fully saturated rings. The van der Waals surface area contributed by atoms with Crippen LogP contribution in [0, 0.1) is 0 Å². The summed E-state index contributed by atoms with van der Waals surface area (Å²) in [5, 5.41) is 91.2. The number of allylic oxidation sites excluding steroid dienone is 1. The van der Waals surface area contributed by atoms with Gasteiger partial charge in [-0.1, -0.05) is 61.5 Å². The second-order valence-electron chi connectivity index (χ2n) is 21.0. The maximum atomic E-state index is 14.2. The van der Waals surface area contributed by atoms with Crippen LogP contribution in [-0.4, -0.2) is 216 Å². The Morgan fingerprint density at radius 2 is 0.978 bits per heavy atom. The number of aliphatic hydroxyl groups excluding tert-OH is 3. The molecule has 12 atom stereocenters. The average Bonchev–Trinajstić information content (AvgIpc) is 0.931. The number of rotatable bonds is 43. The summed E-state index contributed by atoms with van der Waals surface area (Å²) >= 11 is 1.29. The predicted molar refractivity (Wildman–Crippen MR) is 330 cm³/mol. The number of hydrogen-bond donors (Lipinski definition) is 20. The number of carbonyl (C=O) groups excluding carboxylic acids is 10. The molecule has 35 heteroatoms. The van der Waals surface area contributed by atoms with Gasteiger partial charge in [-0.2, -0.15) is 11.8 Å². The van der Waals surface area contributed by atoms with Crippen LogP contribution in [0.2, 0.25) is 0 Å². The molecule has 2 aromatic carbocycles. The number of nitrogens with zero attached hydrogens (tertiary/aromatic N) is 1. The number of carboxylic acid groups (broad SMARTS) is 3. The number of aliphatic imine (C=N–C) groups is 1. The number of benzene rings is 2. The Labute approximate surface area is 532 Å². The van der Waals surface area contributed by atoms with E-state index < -0.39 is 188 Å². The van der Waals surface area contributed by atoms with Gasteiger partial charge >= 0.3 is 17.9 Å². The smallest absolute Gasteiger partial charge is 0.326 e. The maximum Gasteiger partial charge on any atom is 0.326 e. The molecule has 0 aliphatic heterocycles. The van der Waals surface area contributed by atoms with Crippen LogP contribution in [-0.2, 0) is 75.2 Å². The molecule has 0 radical (unpaired) electrons. The third-order valence-corrected chi connectivity index (χ3v) is 14.3. The lowest BCUT2D eigenvalue weighted by Gasteiger charge is -2.29. The lowest BCUT2D eigenvalue weighted by Crippen LogP contribution is -2.63. The minimum absolute atomic E-state index is 0.0843. The van der Waals surface area contributed by atoms with Crippen molar-refractivity contribution in [2.45, 2.75) is 158 Å². The van der Waals surface area contributed by atoms with Crippen molar-refractivity contribution >= 4 is 94.7 Å². The number of thioether (sulfide) groups is 1. The van der Waals surface area contributed by atoms with Crippen molar-refractivity contribution in [2.24, 2.45) is 27.9 Å². The fourth-order valence-electron chi connectivity index (χ4n) is 8.35. The third kappa shape index (κ3) is 29.9. The Morgan fingerprint density at radius 1 is 0.533 bits per heavy atom. The summed E-state index contributed by atoms with van der Waals surface area (Å²) in [4.78, 5) is 176. The fourth-order valence-corrected chi connectivity index (χ4v) is 9.17. The zero-order chi connectivity index (χ0) is 69.2. The molecule has 24 N–H and O–H groups in total. The van der Waals surface area contributed by atoms with Crippen molar-refractivity contribution in [2.75, 3.05) is 24.7 Å². The van der Waals surface area contributed by atoms with E-state index in [4.69, 9.17) is 22.9 Å². The van der Waals surface area contributed by atoms with Gasteiger partial charge in [0, 0.05) is 43.7 Å². The molecule has 0 spiro atoms. The first-order valence-corrected chi connectivity index (χ1v) is 30.0. The number of hydrogen-bond acceptors (Lipinski definition) is 20. The lowest BCUT2D eigenvalue weighted by molar-refractivity contribution is -0.142. The lowest BCUT2D eigenvalue weighted by atomic mass is 10.0. The highest BCUT2D eigenvalue weighted by Gasteiger charge is 2.38. The van der Waals surface area contributed by atoms with Gasteiger partial charge in [-0.15, -0.1) is 0 Å². The van der Waals surface area contributed by atoms with Gasteiger partial charge in [0.15, 0.2) is 5.96 Å². The van der Waals surface area contributed by atoms with E-state index in [1.54, 1.807) is 30.3 Å². The highest BCUT2D eigenvalue weighted by Crippen LogP contribution is 2.14. The first-order valence-electron chi connectivity index (χ1n) is 28.9. The summed E-state index contributed by atoms with van der Waals surface area (Å²) in [6, 6.07) is -4.12. The van der Waals surface area contributed by atoms with Crippen molar-refractivity contribution in [3.8, 4) is 5.75 Å². The van der Waals surface area contributed by atoms with Gasteiger partial charge in [-0.25, -0.2) is 4.79 Å². The normalized spacial score (nSPS) is 15.0. The summed E-state index contributed by atoms with van der Waals surface area (Å²) in [5.41, 5.74) is 23.1. The number of phenols is 1. The molecule has 0 bridgehead atoms. The van der Waals surface area contributed by atoms with Gasteiger partial charge in [0.05, 0.1) is 31.3 Å². The highest BCUT2D eigenvalue weighted by molar-refractivity contribution is 7.99. The number of aliphatic hydroxyl groups is 3. The van der Waals surface area contributed by atoms with Crippen LogP contribution in [0.4, 0.5) is 0 Å². The molecule has 2 rings (SSSR count). The van der Waals surface area contributed by atoms with Gasteiger partial charge in [-0.05, 0) is 69.2 Å². The number of phenolic OH excluding ortho intramolecular Hbond substituents is 1. The molecule has 0 aliphatic carbocycles. The number of carbonyl (C=O) groups is 13. The molecule has 2 aromatic rings. The van der Waals surface area contributed by atoms with Crippen LogP contribution in [0.25, 0.3) is 0 Å². The van der Waals surface area contributed by atoms with E-state index in [1.165, 1.54) is 36.0 Å². The van der Waals surface area contributed by atoms with Crippen LogP contribution in [0.5, 0.6) is 5.75 Å². The number of primary amides is 1. The Balaban J connectivity index is 2.42. The molecule has 508 valence electrons. The largest absolute Gasteiger partial charge is 0.508 e. The summed E-state index contributed by atoms with van der Waals surface area (Å²) in [6.07, 6.45) is -3.76. The van der Waals surface area contributed by atoms with Crippen molar-refractivity contribution < 1.29 is 98.1 Å². The highest BCUT2D eigenvalue weighted by atomic mass is 32.2. The van der Waals surface area contributed by atoms with Crippen LogP contribution in [0.3, 0.4) is 0 Å². The van der Waals surface area contributed by atoms with Crippen molar-refractivity contribution in [1.82, 2.24) is 47.9 Å². The minimum Gasteiger partial charge on any atom is -0.508 e. The molecular formula is C57H84N14O20S. The zero-order valence-electron chi connectivity index (χ0n) is 50.8. The number of aliphatic carboxylic acids is 3. The Hall–Kier alpha value is -9.45. The number of guanidine groups is 1. The van der Waals surface area contributed by atoms with E-state index in [0.29, 0.717) is 16.9 Å². The van der Waals surface area contributed by atoms with Crippen LogP contribution >= 0.6 is 11.8 Å². The second kappa shape index (κ2) is 41.0. The molecule has 0 aromatic heterocycles. The van der Waals surface area contributed by atoms with E-state index in [-0.39, 0.29) is 49.7 Å². The quantitative estimate of drug-likeness (QED) is 0.0127. The Morgan fingerprint density at radius 3 is 1.49 bits per heavy atom. The number of amides is 10. The zero-order valence-corrected chi connectivity index (χ0v) is 51.6.